The summed E-state index contributed by atoms with van der Waals surface area (Å²) in [6.07, 6.45) is 1.04. The maximum absolute atomic E-state index is 12.4. The number of aliphatic hydroxyl groups excluding tert-OH is 1. The number of nitrogens with zero attached hydrogens (tertiary/aromatic N) is 2. The fourth-order valence-corrected chi connectivity index (χ4v) is 3.17. The van der Waals surface area contributed by atoms with Gasteiger partial charge in [-0.1, -0.05) is 35.6 Å². The minimum absolute atomic E-state index is 0.173. The molecule has 0 radical (unpaired) electrons. The SMILES string of the molecule is CN(C)CC(O)CNC(=O)c1cccc(C#Cc2c(N)ncc3ccc(Cl)cc23)c1. The summed E-state index contributed by atoms with van der Waals surface area (Å²) in [5.41, 5.74) is 7.75. The Labute approximate surface area is 180 Å². The van der Waals surface area contributed by atoms with E-state index in [2.05, 4.69) is 22.1 Å². The van der Waals surface area contributed by atoms with E-state index in [1.54, 1.807) is 30.5 Å². The van der Waals surface area contributed by atoms with Crippen LogP contribution in [-0.2, 0) is 0 Å². The van der Waals surface area contributed by atoms with Crippen molar-refractivity contribution < 1.29 is 9.90 Å². The van der Waals surface area contributed by atoms with Crippen LogP contribution in [-0.4, -0.2) is 54.2 Å². The predicted octanol–water partition coefficient (Wildman–Crippen LogP) is 2.52. The number of pyridine rings is 1. The Bertz CT molecular complexity index is 1130. The molecule has 0 aliphatic heterocycles. The molecule has 30 heavy (non-hydrogen) atoms. The van der Waals surface area contributed by atoms with E-state index in [9.17, 15) is 9.90 Å². The fourth-order valence-electron chi connectivity index (χ4n) is 3.00. The summed E-state index contributed by atoms with van der Waals surface area (Å²) in [6.45, 7) is 0.641. The van der Waals surface area contributed by atoms with Crippen molar-refractivity contribution in [2.24, 2.45) is 0 Å². The first-order chi connectivity index (χ1) is 14.3. The van der Waals surface area contributed by atoms with Crippen molar-refractivity contribution in [1.82, 2.24) is 15.2 Å². The van der Waals surface area contributed by atoms with Gasteiger partial charge in [-0.3, -0.25) is 4.79 Å². The molecule has 1 aromatic heterocycles. The van der Waals surface area contributed by atoms with Crippen LogP contribution in [0.5, 0.6) is 0 Å². The van der Waals surface area contributed by atoms with Gasteiger partial charge in [0.15, 0.2) is 0 Å². The van der Waals surface area contributed by atoms with Crippen LogP contribution in [0, 0.1) is 11.8 Å². The number of hydrogen-bond donors (Lipinski definition) is 3. The lowest BCUT2D eigenvalue weighted by Crippen LogP contribution is -2.37. The van der Waals surface area contributed by atoms with Crippen molar-refractivity contribution in [1.29, 1.82) is 0 Å². The van der Waals surface area contributed by atoms with Crippen LogP contribution in [0.3, 0.4) is 0 Å². The summed E-state index contributed by atoms with van der Waals surface area (Å²) in [5.74, 6) is 6.17. The predicted molar refractivity (Wildman–Crippen MR) is 120 cm³/mol. The van der Waals surface area contributed by atoms with Crippen molar-refractivity contribution in [3.8, 4) is 11.8 Å². The number of hydrogen-bond acceptors (Lipinski definition) is 5. The highest BCUT2D eigenvalue weighted by atomic mass is 35.5. The van der Waals surface area contributed by atoms with Crippen LogP contribution in [0.2, 0.25) is 5.02 Å². The highest BCUT2D eigenvalue weighted by Crippen LogP contribution is 2.24. The number of aromatic nitrogens is 1. The second-order valence-corrected chi connectivity index (χ2v) is 7.64. The number of nitrogen functional groups attached to an aromatic ring is 1. The fraction of sp³-hybridized carbons (Fsp3) is 0.217. The summed E-state index contributed by atoms with van der Waals surface area (Å²) in [5, 5.41) is 14.9. The van der Waals surface area contributed by atoms with Crippen LogP contribution in [0.25, 0.3) is 10.8 Å². The third-order valence-electron chi connectivity index (χ3n) is 4.41. The Hall–Kier alpha value is -3.11. The average Bonchev–Trinajstić information content (AvgIpc) is 2.71. The van der Waals surface area contributed by atoms with E-state index < -0.39 is 6.10 Å². The average molecular weight is 423 g/mol. The van der Waals surface area contributed by atoms with Gasteiger partial charge < -0.3 is 21.1 Å². The van der Waals surface area contributed by atoms with Gasteiger partial charge in [0, 0.05) is 46.2 Å². The third kappa shape index (κ3) is 5.49. The summed E-state index contributed by atoms with van der Waals surface area (Å²) in [7, 11) is 3.72. The summed E-state index contributed by atoms with van der Waals surface area (Å²) in [6, 6.07) is 12.4. The number of nitrogens with one attached hydrogen (secondary N) is 1. The van der Waals surface area contributed by atoms with Crippen LogP contribution >= 0.6 is 11.6 Å². The molecule has 0 spiro atoms. The number of benzene rings is 2. The number of halogens is 1. The molecular formula is C23H23ClN4O2. The van der Waals surface area contributed by atoms with E-state index >= 15 is 0 Å². The molecule has 0 fully saturated rings. The Morgan fingerprint density at radius 2 is 2.07 bits per heavy atom. The third-order valence-corrected chi connectivity index (χ3v) is 4.65. The molecule has 0 saturated carbocycles. The van der Waals surface area contributed by atoms with Gasteiger partial charge in [0.05, 0.1) is 11.7 Å². The molecule has 2 aromatic carbocycles. The molecule has 1 amide bonds. The second kappa shape index (κ2) is 9.59. The van der Waals surface area contributed by atoms with Crippen molar-refractivity contribution >= 4 is 34.1 Å². The van der Waals surface area contributed by atoms with E-state index in [-0.39, 0.29) is 12.5 Å². The molecule has 0 aliphatic rings. The van der Waals surface area contributed by atoms with Gasteiger partial charge in [0.25, 0.3) is 5.91 Å². The number of rotatable bonds is 5. The number of carbonyl (C=O) groups excluding carboxylic acids is 1. The molecule has 0 aliphatic carbocycles. The van der Waals surface area contributed by atoms with E-state index in [0.29, 0.717) is 34.1 Å². The van der Waals surface area contributed by atoms with Crippen LogP contribution in [0.4, 0.5) is 5.82 Å². The van der Waals surface area contributed by atoms with Crippen LogP contribution < -0.4 is 11.1 Å². The molecule has 3 rings (SSSR count). The first-order valence-corrected chi connectivity index (χ1v) is 9.78. The number of anilines is 1. The Morgan fingerprint density at radius 1 is 1.27 bits per heavy atom. The second-order valence-electron chi connectivity index (χ2n) is 7.21. The molecule has 6 nitrogen and oxygen atoms in total. The zero-order valence-corrected chi connectivity index (χ0v) is 17.6. The number of fused-ring (bicyclic) bond motifs is 1. The Balaban J connectivity index is 1.81. The number of aliphatic hydroxyl groups is 1. The summed E-state index contributed by atoms with van der Waals surface area (Å²) in [4.78, 5) is 18.5. The van der Waals surface area contributed by atoms with Crippen molar-refractivity contribution in [2.45, 2.75) is 6.10 Å². The van der Waals surface area contributed by atoms with E-state index in [1.165, 1.54) is 0 Å². The van der Waals surface area contributed by atoms with Gasteiger partial charge in [0.2, 0.25) is 0 Å². The standard InChI is InChI=1S/C23H23ClN4O2/c1-28(2)14-19(29)13-27-23(30)16-5-3-4-15(10-16)6-9-20-21-11-18(24)8-7-17(21)12-26-22(20)25/h3-5,7-8,10-12,19,29H,13-14H2,1-2H3,(H2,25,26)(H,27,30). The lowest BCUT2D eigenvalue weighted by atomic mass is 10.1. The molecule has 7 heteroatoms. The van der Waals surface area contributed by atoms with Crippen molar-refractivity contribution in [3.05, 3.63) is 70.4 Å². The monoisotopic (exact) mass is 422 g/mol. The lowest BCUT2D eigenvalue weighted by molar-refractivity contribution is 0.0892. The Morgan fingerprint density at radius 3 is 2.83 bits per heavy atom. The first kappa shape index (κ1) is 21.6. The summed E-state index contributed by atoms with van der Waals surface area (Å²) < 4.78 is 0. The van der Waals surface area contributed by atoms with Gasteiger partial charge in [-0.2, -0.15) is 0 Å². The molecule has 154 valence electrons. The van der Waals surface area contributed by atoms with Gasteiger partial charge in [-0.05, 0) is 44.4 Å². The molecule has 4 N–H and O–H groups in total. The molecule has 0 saturated heterocycles. The highest BCUT2D eigenvalue weighted by molar-refractivity contribution is 6.31. The molecule has 1 atom stereocenters. The van der Waals surface area contributed by atoms with Gasteiger partial charge in [-0.25, -0.2) is 4.98 Å². The quantitative estimate of drug-likeness (QED) is 0.549. The largest absolute Gasteiger partial charge is 0.390 e. The first-order valence-electron chi connectivity index (χ1n) is 9.40. The maximum atomic E-state index is 12.4. The zero-order valence-electron chi connectivity index (χ0n) is 16.8. The smallest absolute Gasteiger partial charge is 0.251 e. The molecule has 3 aromatic rings. The van der Waals surface area contributed by atoms with Crippen molar-refractivity contribution in [2.75, 3.05) is 32.9 Å². The number of likely N-dealkylation sites (N-methyl/N-ethyl adjacent to an activating group) is 1. The molecular weight excluding hydrogens is 400 g/mol. The minimum Gasteiger partial charge on any atom is -0.390 e. The van der Waals surface area contributed by atoms with Gasteiger partial charge in [0.1, 0.15) is 5.82 Å². The van der Waals surface area contributed by atoms with Gasteiger partial charge >= 0.3 is 0 Å². The van der Waals surface area contributed by atoms with Crippen LogP contribution in [0.15, 0.2) is 48.7 Å². The zero-order chi connectivity index (χ0) is 21.7. The lowest BCUT2D eigenvalue weighted by Gasteiger charge is -2.16. The maximum Gasteiger partial charge on any atom is 0.251 e. The topological polar surface area (TPSA) is 91.5 Å². The van der Waals surface area contributed by atoms with Crippen LogP contribution in [0.1, 0.15) is 21.5 Å². The molecule has 1 heterocycles. The number of amides is 1. The minimum atomic E-state index is -0.638. The van der Waals surface area contributed by atoms with E-state index in [0.717, 1.165) is 10.8 Å². The molecule has 0 bridgehead atoms. The van der Waals surface area contributed by atoms with Crippen molar-refractivity contribution in [3.63, 3.8) is 0 Å². The molecule has 1 unspecified atom stereocenters. The highest BCUT2D eigenvalue weighted by Gasteiger charge is 2.10. The van der Waals surface area contributed by atoms with Gasteiger partial charge in [-0.15, -0.1) is 0 Å². The number of carbonyl (C=O) groups is 1. The summed E-state index contributed by atoms with van der Waals surface area (Å²) >= 11 is 6.12. The Kier molecular flexibility index (Phi) is 6.91. The van der Waals surface area contributed by atoms with E-state index in [4.69, 9.17) is 17.3 Å². The number of nitrogens with two attached hydrogens (primary N) is 1. The van der Waals surface area contributed by atoms with E-state index in [1.807, 2.05) is 37.2 Å². The normalized spacial score (nSPS) is 11.8.